The highest BCUT2D eigenvalue weighted by Gasteiger charge is 2.06. The largest absolute Gasteiger partial charge is 0.493 e. The zero-order valence-electron chi connectivity index (χ0n) is 17.7. The first-order chi connectivity index (χ1) is 15.4. The molecule has 0 unspecified atom stereocenters. The Hall–Kier alpha value is -4.20. The second kappa shape index (κ2) is 12.5. The van der Waals surface area contributed by atoms with E-state index < -0.39 is 11.9 Å². The molecule has 2 rings (SSSR count). The average Bonchev–Trinajstić information content (AvgIpc) is 2.78. The quantitative estimate of drug-likeness (QED) is 0.377. The van der Waals surface area contributed by atoms with Crippen molar-refractivity contribution in [1.29, 1.82) is 0 Å². The van der Waals surface area contributed by atoms with Crippen LogP contribution in [0.5, 0.6) is 23.0 Å². The van der Waals surface area contributed by atoms with Crippen molar-refractivity contribution in [2.75, 3.05) is 27.4 Å². The Balaban J connectivity index is 1.95. The van der Waals surface area contributed by atoms with Gasteiger partial charge in [0.1, 0.15) is 13.2 Å². The number of aliphatic carboxylic acids is 2. The van der Waals surface area contributed by atoms with Gasteiger partial charge in [0, 0.05) is 12.2 Å². The van der Waals surface area contributed by atoms with Crippen LogP contribution in [0.4, 0.5) is 0 Å². The fraction of sp³-hybridized carbons (Fsp3) is 0.167. The molecule has 8 nitrogen and oxygen atoms in total. The van der Waals surface area contributed by atoms with E-state index in [1.54, 1.807) is 48.6 Å². The molecule has 2 aromatic carbocycles. The molecule has 0 amide bonds. The van der Waals surface area contributed by atoms with Crippen LogP contribution in [0.3, 0.4) is 0 Å². The van der Waals surface area contributed by atoms with Crippen LogP contribution in [0.15, 0.2) is 60.7 Å². The predicted octanol–water partition coefficient (Wildman–Crippen LogP) is 3.91. The second-order valence-electron chi connectivity index (χ2n) is 6.26. The molecular weight excluding hydrogens is 416 g/mol. The molecule has 0 saturated heterocycles. The predicted molar refractivity (Wildman–Crippen MR) is 119 cm³/mol. The molecule has 0 aliphatic carbocycles. The van der Waals surface area contributed by atoms with Crippen LogP contribution in [0.25, 0.3) is 12.2 Å². The number of carboxylic acid groups (broad SMARTS) is 2. The van der Waals surface area contributed by atoms with Gasteiger partial charge in [-0.15, -0.1) is 0 Å². The third-order valence-corrected chi connectivity index (χ3v) is 4.05. The Bertz CT molecular complexity index is 939. The topological polar surface area (TPSA) is 112 Å². The van der Waals surface area contributed by atoms with Crippen LogP contribution >= 0.6 is 0 Å². The van der Waals surface area contributed by atoms with Crippen LogP contribution < -0.4 is 18.9 Å². The number of carboxylic acids is 2. The van der Waals surface area contributed by atoms with E-state index in [0.717, 1.165) is 12.2 Å². The molecular formula is C24H24O8. The van der Waals surface area contributed by atoms with Crippen molar-refractivity contribution in [3.8, 4) is 23.0 Å². The molecule has 0 heterocycles. The normalized spacial score (nSPS) is 11.2. The number of carbonyl (C=O) groups is 2. The minimum atomic E-state index is -1.04. The Kier molecular flexibility index (Phi) is 9.39. The Morgan fingerprint density at radius 2 is 1.12 bits per heavy atom. The monoisotopic (exact) mass is 440 g/mol. The lowest BCUT2D eigenvalue weighted by molar-refractivity contribution is -0.132. The number of benzene rings is 2. The number of ether oxygens (including phenoxy) is 4. The highest BCUT2D eigenvalue weighted by Crippen LogP contribution is 2.29. The fourth-order valence-corrected chi connectivity index (χ4v) is 2.57. The van der Waals surface area contributed by atoms with Gasteiger partial charge in [-0.2, -0.15) is 0 Å². The molecule has 8 heteroatoms. The lowest BCUT2D eigenvalue weighted by Crippen LogP contribution is -2.00. The maximum absolute atomic E-state index is 10.7. The van der Waals surface area contributed by atoms with Crippen molar-refractivity contribution >= 4 is 24.1 Å². The molecule has 2 aromatic rings. The molecule has 168 valence electrons. The van der Waals surface area contributed by atoms with Crippen LogP contribution in [-0.4, -0.2) is 49.6 Å². The third kappa shape index (κ3) is 7.91. The van der Waals surface area contributed by atoms with E-state index >= 15 is 0 Å². The van der Waals surface area contributed by atoms with Gasteiger partial charge in [-0.1, -0.05) is 12.1 Å². The maximum Gasteiger partial charge on any atom is 0.328 e. The third-order valence-electron chi connectivity index (χ3n) is 4.05. The summed E-state index contributed by atoms with van der Waals surface area (Å²) < 4.78 is 21.9. The van der Waals surface area contributed by atoms with E-state index in [2.05, 4.69) is 0 Å². The first-order valence-corrected chi connectivity index (χ1v) is 9.51. The van der Waals surface area contributed by atoms with Crippen molar-refractivity contribution in [2.45, 2.75) is 0 Å². The summed E-state index contributed by atoms with van der Waals surface area (Å²) in [6.07, 6.45) is 8.55. The summed E-state index contributed by atoms with van der Waals surface area (Å²) in [5.74, 6) is -0.0656. The van der Waals surface area contributed by atoms with E-state index in [1.807, 2.05) is 0 Å². The van der Waals surface area contributed by atoms with Crippen molar-refractivity contribution in [3.63, 3.8) is 0 Å². The highest BCUT2D eigenvalue weighted by molar-refractivity contribution is 5.86. The Labute approximate surface area is 185 Å². The van der Waals surface area contributed by atoms with Gasteiger partial charge in [-0.3, -0.25) is 0 Å². The van der Waals surface area contributed by atoms with Crippen molar-refractivity contribution in [3.05, 3.63) is 71.8 Å². The molecule has 0 aliphatic heterocycles. The molecule has 2 N–H and O–H groups in total. The SMILES string of the molecule is COc1ccc(/C=C/C(=O)O)cc1OC/C=C/COc1cc(/C=C/C(=O)O)ccc1OC. The summed E-state index contributed by atoms with van der Waals surface area (Å²) in [6.45, 7) is 0.481. The summed E-state index contributed by atoms with van der Waals surface area (Å²) in [4.78, 5) is 21.4. The molecule has 0 spiro atoms. The van der Waals surface area contributed by atoms with E-state index in [1.165, 1.54) is 26.4 Å². The smallest absolute Gasteiger partial charge is 0.328 e. The van der Waals surface area contributed by atoms with E-state index in [4.69, 9.17) is 29.2 Å². The van der Waals surface area contributed by atoms with Crippen molar-refractivity contribution < 1.29 is 38.7 Å². The summed E-state index contributed by atoms with van der Waals surface area (Å²) in [6, 6.07) is 10.2. The summed E-state index contributed by atoms with van der Waals surface area (Å²) >= 11 is 0. The number of hydrogen-bond acceptors (Lipinski definition) is 6. The van der Waals surface area contributed by atoms with Crippen LogP contribution in [0, 0.1) is 0 Å². The lowest BCUT2D eigenvalue weighted by atomic mass is 10.2. The maximum atomic E-state index is 10.7. The van der Waals surface area contributed by atoms with Gasteiger partial charge in [-0.05, 0) is 59.7 Å². The van der Waals surface area contributed by atoms with Gasteiger partial charge >= 0.3 is 11.9 Å². The van der Waals surface area contributed by atoms with E-state index in [-0.39, 0.29) is 13.2 Å². The minimum Gasteiger partial charge on any atom is -0.493 e. The highest BCUT2D eigenvalue weighted by atomic mass is 16.5. The van der Waals surface area contributed by atoms with E-state index in [9.17, 15) is 9.59 Å². The first-order valence-electron chi connectivity index (χ1n) is 9.51. The van der Waals surface area contributed by atoms with Crippen LogP contribution in [0.1, 0.15) is 11.1 Å². The molecule has 0 atom stereocenters. The fourth-order valence-electron chi connectivity index (χ4n) is 2.57. The number of rotatable bonds is 12. The van der Waals surface area contributed by atoms with Gasteiger partial charge in [0.2, 0.25) is 0 Å². The molecule has 0 aromatic heterocycles. The first kappa shape index (κ1) is 24.1. The minimum absolute atomic E-state index is 0.240. The zero-order valence-corrected chi connectivity index (χ0v) is 17.7. The standard InChI is InChI=1S/C24H24O8/c1-29-19-9-5-17(7-11-23(25)26)15-21(19)31-13-3-4-14-32-22-16-18(8-12-24(27)28)6-10-20(22)30-2/h3-12,15-16H,13-14H2,1-2H3,(H,25,26)(H,27,28)/b4-3+,11-7+,12-8+. The van der Waals surface area contributed by atoms with Crippen LogP contribution in [0.2, 0.25) is 0 Å². The Morgan fingerprint density at radius 1 is 0.719 bits per heavy atom. The second-order valence-corrected chi connectivity index (χ2v) is 6.26. The van der Waals surface area contributed by atoms with Gasteiger partial charge in [0.25, 0.3) is 0 Å². The van der Waals surface area contributed by atoms with Crippen molar-refractivity contribution in [2.24, 2.45) is 0 Å². The van der Waals surface area contributed by atoms with Crippen LogP contribution in [-0.2, 0) is 9.59 Å². The van der Waals surface area contributed by atoms with Gasteiger partial charge in [0.15, 0.2) is 23.0 Å². The molecule has 0 aliphatic rings. The van der Waals surface area contributed by atoms with E-state index in [0.29, 0.717) is 34.1 Å². The zero-order chi connectivity index (χ0) is 23.3. The number of hydrogen-bond donors (Lipinski definition) is 2. The molecule has 0 radical (unpaired) electrons. The average molecular weight is 440 g/mol. The molecule has 32 heavy (non-hydrogen) atoms. The Morgan fingerprint density at radius 3 is 1.47 bits per heavy atom. The summed E-state index contributed by atoms with van der Waals surface area (Å²) in [7, 11) is 3.04. The van der Waals surface area contributed by atoms with Gasteiger partial charge < -0.3 is 29.2 Å². The summed E-state index contributed by atoms with van der Waals surface area (Å²) in [5.41, 5.74) is 1.33. The molecule has 0 fully saturated rings. The van der Waals surface area contributed by atoms with Gasteiger partial charge in [0.05, 0.1) is 14.2 Å². The van der Waals surface area contributed by atoms with Crippen molar-refractivity contribution in [1.82, 2.24) is 0 Å². The van der Waals surface area contributed by atoms with Gasteiger partial charge in [-0.25, -0.2) is 9.59 Å². The molecule has 0 saturated carbocycles. The summed E-state index contributed by atoms with van der Waals surface area (Å²) in [5, 5.41) is 17.5. The molecule has 0 bridgehead atoms. The lowest BCUT2D eigenvalue weighted by Gasteiger charge is -2.11. The number of methoxy groups -OCH3 is 2.